The fourth-order valence-corrected chi connectivity index (χ4v) is 2.99. The molecule has 0 aromatic heterocycles. The molecule has 0 saturated carbocycles. The highest BCUT2D eigenvalue weighted by atomic mass is 35.5. The second-order valence-electron chi connectivity index (χ2n) is 6.25. The Balaban J connectivity index is 0.00000264. The maximum atomic E-state index is 13.2. The Hall–Kier alpha value is -1.20. The quantitative estimate of drug-likeness (QED) is 0.855. The van der Waals surface area contributed by atoms with E-state index in [1.54, 1.807) is 6.92 Å². The van der Waals surface area contributed by atoms with E-state index in [0.29, 0.717) is 23.8 Å². The first-order valence-corrected chi connectivity index (χ1v) is 7.92. The number of halogens is 3. The van der Waals surface area contributed by atoms with Gasteiger partial charge in [0.05, 0.1) is 6.04 Å². The lowest BCUT2D eigenvalue weighted by molar-refractivity contribution is -0.123. The number of hydrogen-bond acceptors (Lipinski definition) is 2. The van der Waals surface area contributed by atoms with Gasteiger partial charge in [0.25, 0.3) is 0 Å². The van der Waals surface area contributed by atoms with Gasteiger partial charge in [-0.1, -0.05) is 13.0 Å². The summed E-state index contributed by atoms with van der Waals surface area (Å²) in [7, 11) is 0. The molecule has 1 aliphatic rings. The maximum absolute atomic E-state index is 13.2. The summed E-state index contributed by atoms with van der Waals surface area (Å²) < 4.78 is 26.2. The molecule has 1 aliphatic heterocycles. The van der Waals surface area contributed by atoms with Gasteiger partial charge in [-0.05, 0) is 62.4 Å². The number of carbonyl (C=O) groups excluding carboxylic acids is 1. The van der Waals surface area contributed by atoms with Crippen LogP contribution in [0.3, 0.4) is 0 Å². The topological polar surface area (TPSA) is 41.1 Å². The molecule has 1 fully saturated rings. The molecule has 23 heavy (non-hydrogen) atoms. The predicted molar refractivity (Wildman–Crippen MR) is 89.5 cm³/mol. The summed E-state index contributed by atoms with van der Waals surface area (Å²) in [6.07, 6.45) is 2.77. The standard InChI is InChI=1S/C17H24F2N2O.ClH/c1-11(14-4-3-7-20-10-14)8-17(22)21-12(2)13-5-6-15(18)16(19)9-13;/h5-6,9,11-12,14,20H,3-4,7-8,10H2,1-2H3,(H,21,22);1H. The molecule has 1 aromatic carbocycles. The molecule has 0 spiro atoms. The third-order valence-electron chi connectivity index (χ3n) is 4.47. The van der Waals surface area contributed by atoms with E-state index in [4.69, 9.17) is 0 Å². The number of nitrogens with one attached hydrogen (secondary N) is 2. The lowest BCUT2D eigenvalue weighted by atomic mass is 9.85. The van der Waals surface area contributed by atoms with Crippen molar-refractivity contribution in [2.45, 2.75) is 39.2 Å². The Morgan fingerprint density at radius 2 is 2.09 bits per heavy atom. The van der Waals surface area contributed by atoms with E-state index in [9.17, 15) is 13.6 Å². The number of rotatable bonds is 5. The minimum atomic E-state index is -0.889. The van der Waals surface area contributed by atoms with E-state index in [-0.39, 0.29) is 24.4 Å². The van der Waals surface area contributed by atoms with Crippen molar-refractivity contribution in [1.82, 2.24) is 10.6 Å². The number of hydrogen-bond donors (Lipinski definition) is 2. The number of amides is 1. The van der Waals surface area contributed by atoms with Crippen molar-refractivity contribution >= 4 is 18.3 Å². The first kappa shape index (κ1) is 19.8. The van der Waals surface area contributed by atoms with Crippen molar-refractivity contribution in [1.29, 1.82) is 0 Å². The van der Waals surface area contributed by atoms with Crippen LogP contribution in [0.4, 0.5) is 8.78 Å². The zero-order chi connectivity index (χ0) is 16.1. The third-order valence-corrected chi connectivity index (χ3v) is 4.47. The highest BCUT2D eigenvalue weighted by Crippen LogP contribution is 2.23. The molecular weight excluding hydrogens is 322 g/mol. The van der Waals surface area contributed by atoms with E-state index in [1.807, 2.05) is 0 Å². The average Bonchev–Trinajstić information content (AvgIpc) is 2.50. The molecule has 1 aromatic rings. The fourth-order valence-electron chi connectivity index (χ4n) is 2.99. The highest BCUT2D eigenvalue weighted by molar-refractivity contribution is 5.85. The monoisotopic (exact) mass is 346 g/mol. The summed E-state index contributed by atoms with van der Waals surface area (Å²) in [4.78, 5) is 12.1. The summed E-state index contributed by atoms with van der Waals surface area (Å²) in [5, 5.41) is 6.22. The van der Waals surface area contributed by atoms with Crippen molar-refractivity contribution < 1.29 is 13.6 Å². The molecule has 1 heterocycles. The maximum Gasteiger partial charge on any atom is 0.220 e. The van der Waals surface area contributed by atoms with E-state index < -0.39 is 11.6 Å². The van der Waals surface area contributed by atoms with E-state index in [1.165, 1.54) is 6.07 Å². The van der Waals surface area contributed by atoms with E-state index >= 15 is 0 Å². The third kappa shape index (κ3) is 5.74. The van der Waals surface area contributed by atoms with Gasteiger partial charge < -0.3 is 10.6 Å². The molecule has 0 aliphatic carbocycles. The van der Waals surface area contributed by atoms with Gasteiger partial charge in [-0.25, -0.2) is 8.78 Å². The Bertz CT molecular complexity index is 521. The summed E-state index contributed by atoms with van der Waals surface area (Å²) >= 11 is 0. The van der Waals surface area contributed by atoms with Crippen LogP contribution in [0.2, 0.25) is 0 Å². The van der Waals surface area contributed by atoms with Crippen LogP contribution in [-0.2, 0) is 4.79 Å². The van der Waals surface area contributed by atoms with Gasteiger partial charge in [-0.3, -0.25) is 4.79 Å². The van der Waals surface area contributed by atoms with Crippen molar-refractivity contribution in [3.63, 3.8) is 0 Å². The van der Waals surface area contributed by atoms with Crippen LogP contribution < -0.4 is 10.6 Å². The van der Waals surface area contributed by atoms with Crippen LogP contribution in [0.15, 0.2) is 18.2 Å². The van der Waals surface area contributed by atoms with Gasteiger partial charge in [0.15, 0.2) is 11.6 Å². The zero-order valence-corrected chi connectivity index (χ0v) is 14.4. The molecule has 1 saturated heterocycles. The first-order valence-electron chi connectivity index (χ1n) is 7.92. The van der Waals surface area contributed by atoms with E-state index in [0.717, 1.165) is 38.1 Å². The number of benzene rings is 1. The molecule has 0 bridgehead atoms. The lowest BCUT2D eigenvalue weighted by Crippen LogP contribution is -2.36. The van der Waals surface area contributed by atoms with Crippen molar-refractivity contribution in [2.75, 3.05) is 13.1 Å². The van der Waals surface area contributed by atoms with E-state index in [2.05, 4.69) is 17.6 Å². The van der Waals surface area contributed by atoms with Crippen LogP contribution >= 0.6 is 12.4 Å². The van der Waals surface area contributed by atoms with Crippen LogP contribution in [0, 0.1) is 23.5 Å². The summed E-state index contributed by atoms with van der Waals surface area (Å²) in [5.74, 6) is -0.973. The minimum Gasteiger partial charge on any atom is -0.350 e. The lowest BCUT2D eigenvalue weighted by Gasteiger charge is -2.28. The zero-order valence-electron chi connectivity index (χ0n) is 13.6. The highest BCUT2D eigenvalue weighted by Gasteiger charge is 2.22. The Morgan fingerprint density at radius 3 is 2.70 bits per heavy atom. The predicted octanol–water partition coefficient (Wildman–Crippen LogP) is 3.59. The Labute approximate surface area is 142 Å². The molecule has 1 amide bonds. The first-order chi connectivity index (χ1) is 10.5. The molecular formula is C17H25ClF2N2O. The molecule has 6 heteroatoms. The largest absolute Gasteiger partial charge is 0.350 e. The SMILES string of the molecule is CC(NC(=O)CC(C)C1CCCNC1)c1ccc(F)c(F)c1.Cl. The van der Waals surface area contributed by atoms with Crippen LogP contribution in [0.1, 0.15) is 44.7 Å². The van der Waals surface area contributed by atoms with Crippen molar-refractivity contribution in [3.05, 3.63) is 35.4 Å². The summed E-state index contributed by atoms with van der Waals surface area (Å²) in [6, 6.07) is 3.38. The molecule has 3 atom stereocenters. The normalized spacial score (nSPS) is 20.3. The van der Waals surface area contributed by atoms with Gasteiger partial charge in [-0.2, -0.15) is 0 Å². The molecule has 130 valence electrons. The second-order valence-corrected chi connectivity index (χ2v) is 6.25. The van der Waals surface area contributed by atoms with Gasteiger partial charge in [-0.15, -0.1) is 12.4 Å². The number of carbonyl (C=O) groups is 1. The van der Waals surface area contributed by atoms with Gasteiger partial charge in [0.1, 0.15) is 0 Å². The Morgan fingerprint density at radius 1 is 1.35 bits per heavy atom. The summed E-state index contributed by atoms with van der Waals surface area (Å²) in [5.41, 5.74) is 0.569. The summed E-state index contributed by atoms with van der Waals surface area (Å²) in [6.45, 7) is 5.90. The molecule has 3 unspecified atom stereocenters. The van der Waals surface area contributed by atoms with Gasteiger partial charge in [0.2, 0.25) is 5.91 Å². The average molecular weight is 347 g/mol. The molecule has 0 radical (unpaired) electrons. The van der Waals surface area contributed by atoms with Crippen LogP contribution in [0.25, 0.3) is 0 Å². The fraction of sp³-hybridized carbons (Fsp3) is 0.588. The van der Waals surface area contributed by atoms with Crippen molar-refractivity contribution in [3.8, 4) is 0 Å². The molecule has 3 nitrogen and oxygen atoms in total. The minimum absolute atomic E-state index is 0. The van der Waals surface area contributed by atoms with Crippen molar-refractivity contribution in [2.24, 2.45) is 11.8 Å². The number of piperidine rings is 1. The van der Waals surface area contributed by atoms with Crippen LogP contribution in [-0.4, -0.2) is 19.0 Å². The van der Waals surface area contributed by atoms with Gasteiger partial charge >= 0.3 is 0 Å². The Kier molecular flexibility index (Phi) is 7.92. The molecule has 2 rings (SSSR count). The smallest absolute Gasteiger partial charge is 0.220 e. The molecule has 2 N–H and O–H groups in total. The van der Waals surface area contributed by atoms with Gasteiger partial charge in [0, 0.05) is 6.42 Å². The van der Waals surface area contributed by atoms with Crippen LogP contribution in [0.5, 0.6) is 0 Å². The second kappa shape index (κ2) is 9.18.